The summed E-state index contributed by atoms with van der Waals surface area (Å²) >= 11 is 5.08. The first-order valence-electron chi connectivity index (χ1n) is 29.5. The van der Waals surface area contributed by atoms with Crippen LogP contribution in [0.1, 0.15) is 165 Å². The molecule has 11 nitrogen and oxygen atoms in total. The van der Waals surface area contributed by atoms with Gasteiger partial charge in [0.05, 0.1) is 19.8 Å². The van der Waals surface area contributed by atoms with Crippen molar-refractivity contribution in [3.63, 3.8) is 0 Å². The third-order valence-corrected chi connectivity index (χ3v) is 12.3. The van der Waals surface area contributed by atoms with Crippen LogP contribution in [0.2, 0.25) is 0 Å². The maximum atomic E-state index is 12.2. The van der Waals surface area contributed by atoms with Gasteiger partial charge in [0.2, 0.25) is 0 Å². The zero-order valence-electron chi connectivity index (χ0n) is 52.9. The highest BCUT2D eigenvalue weighted by Crippen LogP contribution is 2.41. The van der Waals surface area contributed by atoms with Crippen LogP contribution in [0.5, 0.6) is 0 Å². The molecule has 3 heterocycles. The lowest BCUT2D eigenvalue weighted by atomic mass is 9.94. The molecule has 3 aliphatic heterocycles. The van der Waals surface area contributed by atoms with E-state index in [0.29, 0.717) is 19.8 Å². The average molecular weight is 1310 g/mol. The second-order valence-electron chi connectivity index (χ2n) is 16.4. The number of carbonyl (C=O) groups is 4. The van der Waals surface area contributed by atoms with Gasteiger partial charge in [-0.2, -0.15) is 0 Å². The first-order valence-corrected chi connectivity index (χ1v) is 31.7. The topological polar surface area (TPSA) is 135 Å². The number of nitrogens with zero attached hydrogens (tertiary/aromatic N) is 2. The number of ether oxygens (including phenoxy) is 3. The smallest absolute Gasteiger partial charge is 0.328 e. The monoisotopic (exact) mass is 1300 g/mol. The van der Waals surface area contributed by atoms with E-state index < -0.39 is 12.0 Å². The number of anilines is 6. The number of rotatable bonds is 9. The Balaban J connectivity index is 0. The molecule has 2 N–H and O–H groups in total. The fraction of sp³-hybridized carbons (Fsp3) is 0.420. The third-order valence-electron chi connectivity index (χ3n) is 11.4. The highest BCUT2D eigenvalue weighted by Gasteiger charge is 2.31. The molecular weight excluding hydrogens is 1210 g/mol. The summed E-state index contributed by atoms with van der Waals surface area (Å²) in [6, 6.07) is 48.5. The maximum Gasteiger partial charge on any atom is 0.328 e. The number of nitrogens with one attached hydrogen (secondary N) is 1. The molecule has 13 heteroatoms. The van der Waals surface area contributed by atoms with Crippen molar-refractivity contribution in [1.82, 2.24) is 0 Å². The number of esters is 3. The number of carboxylic acids is 1. The molecule has 6 aromatic carbocycles. The Hall–Kier alpha value is -6.19. The average Bonchev–Trinajstić information content (AvgIpc) is 3.68. The van der Waals surface area contributed by atoms with Crippen molar-refractivity contribution in [2.75, 3.05) is 34.9 Å². The minimum absolute atomic E-state index is 0.0208. The summed E-state index contributed by atoms with van der Waals surface area (Å²) < 4.78 is 14.5. The maximum absolute atomic E-state index is 12.2. The number of alkyl halides is 2. The van der Waals surface area contributed by atoms with Gasteiger partial charge in [0.25, 0.3) is 0 Å². The van der Waals surface area contributed by atoms with E-state index in [9.17, 15) is 24.3 Å². The number of fused-ring (bicyclic) bond motifs is 6. The predicted octanol–water partition coefficient (Wildman–Crippen LogP) is 19.1. The highest BCUT2D eigenvalue weighted by atomic mass is 127. The van der Waals surface area contributed by atoms with Crippen LogP contribution in [0.3, 0.4) is 0 Å². The number of hydrogen-bond donors (Lipinski definition) is 2. The number of benzene rings is 6. The van der Waals surface area contributed by atoms with Gasteiger partial charge in [-0.25, -0.2) is 9.59 Å². The number of carboxylic acid groups (broad SMARTS) is 1. The summed E-state index contributed by atoms with van der Waals surface area (Å²) in [5, 5.41) is 12.8. The molecule has 82 heavy (non-hydrogen) atoms. The van der Waals surface area contributed by atoms with Gasteiger partial charge >= 0.3 is 23.9 Å². The van der Waals surface area contributed by atoms with Gasteiger partial charge in [-0.05, 0) is 118 Å². The van der Waals surface area contributed by atoms with Gasteiger partial charge < -0.3 is 34.4 Å². The van der Waals surface area contributed by atoms with Crippen molar-refractivity contribution >= 4 is 96.5 Å². The Morgan fingerprint density at radius 1 is 0.439 bits per heavy atom. The van der Waals surface area contributed by atoms with E-state index in [0.717, 1.165) is 42.0 Å². The van der Waals surface area contributed by atoms with Crippen molar-refractivity contribution in [3.05, 3.63) is 179 Å². The molecule has 4 atom stereocenters. The Kier molecular flexibility index (Phi) is 44.0. The predicted molar refractivity (Wildman–Crippen MR) is 361 cm³/mol. The number of halogens is 2. The molecular formula is C69H99BrIN3O8. The van der Waals surface area contributed by atoms with Crippen LogP contribution in [0, 0.1) is 0 Å². The van der Waals surface area contributed by atoms with Crippen molar-refractivity contribution in [2.24, 2.45) is 0 Å². The zero-order valence-corrected chi connectivity index (χ0v) is 56.6. The zero-order chi connectivity index (χ0) is 62.7. The summed E-state index contributed by atoms with van der Waals surface area (Å²) in [4.78, 5) is 48.4. The second kappa shape index (κ2) is 46.3. The van der Waals surface area contributed by atoms with Gasteiger partial charge in [-0.15, -0.1) is 0 Å². The molecule has 0 bridgehead atoms. The van der Waals surface area contributed by atoms with Gasteiger partial charge in [-0.1, -0.05) is 231 Å². The van der Waals surface area contributed by atoms with Gasteiger partial charge in [-0.3, -0.25) is 9.59 Å². The molecule has 4 unspecified atom stereocenters. The molecule has 0 saturated heterocycles. The highest BCUT2D eigenvalue weighted by molar-refractivity contribution is 14.1. The lowest BCUT2D eigenvalue weighted by molar-refractivity contribution is -0.144. The lowest BCUT2D eigenvalue weighted by Crippen LogP contribution is -2.39. The SMILES string of the molecule is CC.CC.CC.CC.CC.CC.CC(C(=O)O)N1c2ccccc2Cc2ccccc21.CCOC(=O)C(C)Br.CCOC(=O)C(C)I.CCOC(=O)C(C)N1c2ccccc2Cc2ccccc21.c1ccc2c(c1)Cc1ccccc1N2. The van der Waals surface area contributed by atoms with Crippen LogP contribution in [-0.4, -0.2) is 69.6 Å². The summed E-state index contributed by atoms with van der Waals surface area (Å²) in [6.07, 6.45) is 2.80. The quantitative estimate of drug-likeness (QED) is 0.0619. The molecule has 0 spiro atoms. The van der Waals surface area contributed by atoms with Crippen molar-refractivity contribution < 1.29 is 38.5 Å². The van der Waals surface area contributed by atoms with E-state index in [1.54, 1.807) is 34.6 Å². The standard InChI is InChI=1S/C18H19NO2.C16H15NO2.C13H11N.C5H9BrO2.C5H9IO2.6C2H6/c1-3-21-18(20)13(2)19-16-10-6-4-8-14(16)12-15-9-5-7-11-17(15)19;1-11(16(18)19)17-14-8-4-2-6-12(14)10-13-7-3-5-9-15(13)17;1-3-7-12-10(5-1)9-11-6-2-4-8-13(11)14-12;2*1-3-8-5(7)4(2)6;6*1-2/h4-11,13H,3,12H2,1-2H3;2-9,11H,10H2,1H3,(H,18,19);1-8,14H,9H2;2*4H,3H2,1-2H3;6*1-2H3. The summed E-state index contributed by atoms with van der Waals surface area (Å²) in [5.41, 5.74) is 14.3. The number of carbonyl (C=O) groups excluding carboxylic acids is 3. The minimum Gasteiger partial charge on any atom is -0.480 e. The van der Waals surface area contributed by atoms with E-state index in [1.807, 2.05) is 185 Å². The molecule has 0 aliphatic carbocycles. The second-order valence-corrected chi connectivity index (χ2v) is 19.6. The van der Waals surface area contributed by atoms with E-state index in [2.05, 4.69) is 121 Å². The molecule has 0 aromatic heterocycles. The molecule has 0 fully saturated rings. The Bertz CT molecular complexity index is 2500. The lowest BCUT2D eigenvalue weighted by Gasteiger charge is -2.36. The molecule has 0 saturated carbocycles. The van der Waals surface area contributed by atoms with Crippen LogP contribution in [-0.2, 0) is 52.7 Å². The largest absolute Gasteiger partial charge is 0.480 e. The van der Waals surface area contributed by atoms with Gasteiger partial charge in [0, 0.05) is 53.4 Å². The fourth-order valence-corrected chi connectivity index (χ4v) is 8.33. The number of para-hydroxylation sites is 6. The van der Waals surface area contributed by atoms with Crippen LogP contribution in [0.15, 0.2) is 146 Å². The van der Waals surface area contributed by atoms with Crippen molar-refractivity contribution in [2.45, 2.75) is 172 Å². The summed E-state index contributed by atoms with van der Waals surface area (Å²) in [7, 11) is 0. The minimum atomic E-state index is -0.813. The van der Waals surface area contributed by atoms with Gasteiger partial charge in [0.1, 0.15) is 20.8 Å². The van der Waals surface area contributed by atoms with Crippen LogP contribution >= 0.6 is 38.5 Å². The first kappa shape index (κ1) is 77.9. The number of aliphatic carboxylic acids is 1. The first-order chi connectivity index (χ1) is 39.7. The molecule has 6 aromatic rings. The summed E-state index contributed by atoms with van der Waals surface area (Å²) in [6.45, 7) is 37.9. The van der Waals surface area contributed by atoms with Gasteiger partial charge in [0.15, 0.2) is 0 Å². The molecule has 3 aliphatic rings. The molecule has 9 rings (SSSR count). The van der Waals surface area contributed by atoms with Crippen LogP contribution in [0.4, 0.5) is 34.1 Å². The van der Waals surface area contributed by atoms with Crippen molar-refractivity contribution in [1.29, 1.82) is 0 Å². The normalized spacial score (nSPS) is 12.1. The number of hydrogen-bond acceptors (Lipinski definition) is 10. The molecule has 0 radical (unpaired) electrons. The Morgan fingerprint density at radius 2 is 0.695 bits per heavy atom. The molecule has 0 amide bonds. The van der Waals surface area contributed by atoms with E-state index in [1.165, 1.54) is 44.8 Å². The van der Waals surface area contributed by atoms with E-state index in [-0.39, 0.29) is 32.7 Å². The fourth-order valence-electron chi connectivity index (χ4n) is 8.02. The van der Waals surface area contributed by atoms with E-state index >= 15 is 0 Å². The van der Waals surface area contributed by atoms with Crippen LogP contribution in [0.25, 0.3) is 0 Å². The Morgan fingerprint density at radius 3 is 0.963 bits per heavy atom. The third kappa shape index (κ3) is 25.1. The Labute approximate surface area is 517 Å². The van der Waals surface area contributed by atoms with Crippen molar-refractivity contribution in [3.8, 4) is 0 Å². The van der Waals surface area contributed by atoms with Crippen LogP contribution < -0.4 is 15.1 Å². The van der Waals surface area contributed by atoms with E-state index in [4.69, 9.17) is 4.74 Å². The summed E-state index contributed by atoms with van der Waals surface area (Å²) in [5.74, 6) is -1.34. The molecule has 452 valence electrons.